The number of hydrogen-bond acceptors (Lipinski definition) is 9. The first kappa shape index (κ1) is 27.4. The van der Waals surface area contributed by atoms with Crippen molar-refractivity contribution in [3.8, 4) is 0 Å². The zero-order valence-corrected chi connectivity index (χ0v) is 18.6. The summed E-state index contributed by atoms with van der Waals surface area (Å²) in [5.41, 5.74) is 6.10. The van der Waals surface area contributed by atoms with Gasteiger partial charge in [-0.05, 0) is 5.56 Å². The standard InChI is InChI=1S/C21H29N3O9/c1-12(16(19(28)31-2)20(29)32-3)17(18(22)27)24-15(26)9-14(25)10-23-21(30)33-11-13-7-5-4-6-8-13/h4-8,12,14,16-17,25H,9-11H2,1-3H3,(H2,22,27)(H,23,30)(H,24,26)/t12-,14+,17-/m0/s1. The fourth-order valence-electron chi connectivity index (χ4n) is 2.93. The molecule has 0 aromatic heterocycles. The molecule has 0 saturated heterocycles. The van der Waals surface area contributed by atoms with Gasteiger partial charge in [-0.15, -0.1) is 0 Å². The van der Waals surface area contributed by atoms with Gasteiger partial charge in [0, 0.05) is 12.5 Å². The number of carbonyl (C=O) groups excluding carboxylic acids is 5. The third-order valence-corrected chi connectivity index (χ3v) is 4.70. The van der Waals surface area contributed by atoms with E-state index in [9.17, 15) is 29.1 Å². The van der Waals surface area contributed by atoms with Gasteiger partial charge in [-0.1, -0.05) is 37.3 Å². The smallest absolute Gasteiger partial charge is 0.407 e. The van der Waals surface area contributed by atoms with Gasteiger partial charge >= 0.3 is 18.0 Å². The Morgan fingerprint density at radius 1 is 1.03 bits per heavy atom. The van der Waals surface area contributed by atoms with Gasteiger partial charge < -0.3 is 35.7 Å². The van der Waals surface area contributed by atoms with Gasteiger partial charge in [0.05, 0.1) is 26.7 Å². The number of primary amides is 1. The lowest BCUT2D eigenvalue weighted by atomic mass is 9.86. The topological polar surface area (TPSA) is 183 Å². The Morgan fingerprint density at radius 3 is 2.12 bits per heavy atom. The highest BCUT2D eigenvalue weighted by Crippen LogP contribution is 2.19. The van der Waals surface area contributed by atoms with Crippen molar-refractivity contribution < 1.29 is 43.3 Å². The monoisotopic (exact) mass is 467 g/mol. The highest BCUT2D eigenvalue weighted by atomic mass is 16.6. The number of benzene rings is 1. The molecule has 12 heteroatoms. The minimum Gasteiger partial charge on any atom is -0.468 e. The first-order valence-electron chi connectivity index (χ1n) is 9.97. The fourth-order valence-corrected chi connectivity index (χ4v) is 2.93. The van der Waals surface area contributed by atoms with E-state index in [4.69, 9.17) is 10.5 Å². The average molecular weight is 467 g/mol. The average Bonchev–Trinajstić information content (AvgIpc) is 2.79. The molecule has 3 atom stereocenters. The third-order valence-electron chi connectivity index (χ3n) is 4.70. The van der Waals surface area contributed by atoms with Gasteiger partial charge in [0.15, 0.2) is 5.92 Å². The highest BCUT2D eigenvalue weighted by molar-refractivity contribution is 5.97. The summed E-state index contributed by atoms with van der Waals surface area (Å²) in [5, 5.41) is 14.6. The van der Waals surface area contributed by atoms with Crippen LogP contribution in [0.4, 0.5) is 4.79 Å². The van der Waals surface area contributed by atoms with E-state index in [0.29, 0.717) is 0 Å². The summed E-state index contributed by atoms with van der Waals surface area (Å²) in [4.78, 5) is 59.8. The van der Waals surface area contributed by atoms with E-state index in [-0.39, 0.29) is 13.2 Å². The van der Waals surface area contributed by atoms with Crippen LogP contribution in [-0.4, -0.2) is 67.9 Å². The summed E-state index contributed by atoms with van der Waals surface area (Å²) in [7, 11) is 2.11. The predicted octanol–water partition coefficient (Wildman–Crippen LogP) is -0.768. The van der Waals surface area contributed by atoms with E-state index in [0.717, 1.165) is 19.8 Å². The third kappa shape index (κ3) is 9.15. The van der Waals surface area contributed by atoms with Crippen LogP contribution in [0.2, 0.25) is 0 Å². The lowest BCUT2D eigenvalue weighted by Crippen LogP contribution is -2.53. The van der Waals surface area contributed by atoms with Gasteiger partial charge in [0.2, 0.25) is 11.8 Å². The summed E-state index contributed by atoms with van der Waals surface area (Å²) >= 11 is 0. The number of hydrogen-bond donors (Lipinski definition) is 4. The number of rotatable bonds is 12. The van der Waals surface area contributed by atoms with Crippen LogP contribution >= 0.6 is 0 Å². The number of nitrogens with one attached hydrogen (secondary N) is 2. The van der Waals surface area contributed by atoms with E-state index in [1.165, 1.54) is 6.92 Å². The van der Waals surface area contributed by atoms with Crippen molar-refractivity contribution in [1.29, 1.82) is 0 Å². The van der Waals surface area contributed by atoms with E-state index >= 15 is 0 Å². The molecule has 182 valence electrons. The molecule has 0 aliphatic carbocycles. The summed E-state index contributed by atoms with van der Waals surface area (Å²) in [5.74, 6) is -6.35. The normalized spacial score (nSPS) is 13.2. The largest absolute Gasteiger partial charge is 0.468 e. The number of ether oxygens (including phenoxy) is 3. The number of nitrogens with two attached hydrogens (primary N) is 1. The molecule has 0 aliphatic rings. The van der Waals surface area contributed by atoms with Crippen LogP contribution in [0.15, 0.2) is 30.3 Å². The van der Waals surface area contributed by atoms with Crippen LogP contribution in [0.3, 0.4) is 0 Å². The maximum absolute atomic E-state index is 12.3. The highest BCUT2D eigenvalue weighted by Gasteiger charge is 2.41. The number of carbonyl (C=O) groups is 5. The molecular formula is C21H29N3O9. The van der Waals surface area contributed by atoms with E-state index in [1.54, 1.807) is 24.3 Å². The van der Waals surface area contributed by atoms with Gasteiger partial charge in [-0.3, -0.25) is 19.2 Å². The van der Waals surface area contributed by atoms with Crippen LogP contribution in [0.25, 0.3) is 0 Å². The Morgan fingerprint density at radius 2 is 1.61 bits per heavy atom. The molecule has 0 radical (unpaired) electrons. The molecule has 1 rings (SSSR count). The molecule has 0 spiro atoms. The molecule has 1 aromatic carbocycles. The van der Waals surface area contributed by atoms with Gasteiger partial charge in [-0.2, -0.15) is 0 Å². The van der Waals surface area contributed by atoms with Gasteiger partial charge in [0.1, 0.15) is 12.6 Å². The number of aliphatic hydroxyl groups excluding tert-OH is 1. The lowest BCUT2D eigenvalue weighted by molar-refractivity contribution is -0.162. The molecule has 0 heterocycles. The first-order valence-corrected chi connectivity index (χ1v) is 9.97. The Kier molecular flexibility index (Phi) is 11.3. The van der Waals surface area contributed by atoms with Crippen molar-refractivity contribution in [2.75, 3.05) is 20.8 Å². The van der Waals surface area contributed by atoms with Crippen LogP contribution in [-0.2, 0) is 40.0 Å². The number of amides is 3. The molecule has 33 heavy (non-hydrogen) atoms. The van der Waals surface area contributed by atoms with E-state index < -0.39 is 60.2 Å². The molecule has 0 saturated carbocycles. The van der Waals surface area contributed by atoms with Crippen LogP contribution in [0.5, 0.6) is 0 Å². The molecule has 3 amide bonds. The van der Waals surface area contributed by atoms with Crippen LogP contribution in [0, 0.1) is 11.8 Å². The maximum Gasteiger partial charge on any atom is 0.407 e. The molecule has 5 N–H and O–H groups in total. The minimum absolute atomic E-state index is 0.0307. The number of alkyl carbamates (subject to hydrolysis) is 1. The predicted molar refractivity (Wildman–Crippen MR) is 113 cm³/mol. The van der Waals surface area contributed by atoms with E-state index in [1.807, 2.05) is 6.07 Å². The number of aliphatic hydroxyl groups is 1. The molecule has 12 nitrogen and oxygen atoms in total. The van der Waals surface area contributed by atoms with Crippen molar-refractivity contribution in [1.82, 2.24) is 10.6 Å². The summed E-state index contributed by atoms with van der Waals surface area (Å²) in [6.07, 6.45) is -2.60. The molecule has 0 aliphatic heterocycles. The summed E-state index contributed by atoms with van der Waals surface area (Å²) < 4.78 is 14.1. The van der Waals surface area contributed by atoms with Crippen molar-refractivity contribution >= 4 is 29.8 Å². The zero-order valence-electron chi connectivity index (χ0n) is 18.6. The Hall–Kier alpha value is -3.67. The molecule has 0 fully saturated rings. The zero-order chi connectivity index (χ0) is 25.0. The molecule has 0 bridgehead atoms. The number of methoxy groups -OCH3 is 2. The van der Waals surface area contributed by atoms with Crippen molar-refractivity contribution in [3.63, 3.8) is 0 Å². The molecule has 0 unspecified atom stereocenters. The second kappa shape index (κ2) is 13.7. The van der Waals surface area contributed by atoms with E-state index in [2.05, 4.69) is 20.1 Å². The summed E-state index contributed by atoms with van der Waals surface area (Å²) in [6.45, 7) is 1.07. The fraction of sp³-hybridized carbons (Fsp3) is 0.476. The van der Waals surface area contributed by atoms with Crippen molar-refractivity contribution in [3.05, 3.63) is 35.9 Å². The Balaban J connectivity index is 2.59. The SMILES string of the molecule is COC(=O)C(C(=O)OC)[C@H](C)[C@H](NC(=O)C[C@@H](O)CNC(=O)OCc1ccccc1)C(N)=O. The lowest BCUT2D eigenvalue weighted by Gasteiger charge is -2.27. The van der Waals surface area contributed by atoms with Crippen LogP contribution in [0.1, 0.15) is 18.9 Å². The Bertz CT molecular complexity index is 816. The first-order chi connectivity index (χ1) is 15.6. The Labute approximate surface area is 190 Å². The summed E-state index contributed by atoms with van der Waals surface area (Å²) in [6, 6.07) is 7.51. The molecular weight excluding hydrogens is 438 g/mol. The van der Waals surface area contributed by atoms with Crippen molar-refractivity contribution in [2.45, 2.75) is 32.1 Å². The second-order valence-electron chi connectivity index (χ2n) is 7.13. The minimum atomic E-state index is -1.51. The van der Waals surface area contributed by atoms with Gasteiger partial charge in [-0.25, -0.2) is 4.79 Å². The maximum atomic E-state index is 12.3. The second-order valence-corrected chi connectivity index (χ2v) is 7.13. The number of esters is 2. The quantitative estimate of drug-likeness (QED) is 0.174. The molecule has 1 aromatic rings. The van der Waals surface area contributed by atoms with Crippen LogP contribution < -0.4 is 16.4 Å². The van der Waals surface area contributed by atoms with Crippen molar-refractivity contribution in [2.24, 2.45) is 17.6 Å². The van der Waals surface area contributed by atoms with Gasteiger partial charge in [0.25, 0.3) is 0 Å².